The smallest absolute Gasteiger partial charge is 0.320 e. The first-order chi connectivity index (χ1) is 3.92. The second-order valence-corrected chi connectivity index (χ2v) is 4.85. The Hall–Kier alpha value is -0.313. The summed E-state index contributed by atoms with van der Waals surface area (Å²) in [6.07, 6.45) is 0. The maximum Gasteiger partial charge on any atom is 0.320 e. The molecule has 0 amide bonds. The molecule has 0 aromatic carbocycles. The average molecular weight is 144 g/mol. The topological polar surface area (TPSA) is 26.3 Å². The minimum absolute atomic E-state index is 0.117. The Kier molecular flexibility index (Phi) is 2.90. The molecular weight excluding hydrogens is 132 g/mol. The summed E-state index contributed by atoms with van der Waals surface area (Å²) in [6, 6.07) is 0. The molecule has 0 aliphatic rings. The maximum absolute atomic E-state index is 10.3. The van der Waals surface area contributed by atoms with Gasteiger partial charge in [0.2, 0.25) is 0 Å². The van der Waals surface area contributed by atoms with Crippen LogP contribution in [0.25, 0.3) is 0 Å². The van der Waals surface area contributed by atoms with Crippen molar-refractivity contribution in [1.29, 1.82) is 0 Å². The first kappa shape index (κ1) is 8.69. The van der Waals surface area contributed by atoms with Crippen molar-refractivity contribution in [2.24, 2.45) is 0 Å². The zero-order valence-corrected chi connectivity index (χ0v) is 7.32. The quantitative estimate of drug-likeness (QED) is 0.520. The average Bonchev–Trinajstić information content (AvgIpc) is 1.59. The van der Waals surface area contributed by atoms with E-state index >= 15 is 0 Å². The van der Waals surface area contributed by atoms with Gasteiger partial charge >= 0.3 is 9.76 Å². The molecule has 0 unspecified atom stereocenters. The Bertz CT molecular complexity index is 104. The highest BCUT2D eigenvalue weighted by Gasteiger charge is 2.15. The molecule has 0 heterocycles. The van der Waals surface area contributed by atoms with E-state index in [-0.39, 0.29) is 20.8 Å². The molecule has 0 rings (SSSR count). The number of carbonyl (C=O) groups is 1. The van der Waals surface area contributed by atoms with Crippen LogP contribution in [0.1, 0.15) is 27.7 Å². The minimum atomic E-state index is -0.191. The molecular formula is C6H12O2Si. The monoisotopic (exact) mass is 144 g/mol. The van der Waals surface area contributed by atoms with Crippen LogP contribution in [0.3, 0.4) is 0 Å². The Morgan fingerprint density at radius 3 is 2.00 bits per heavy atom. The van der Waals surface area contributed by atoms with Crippen molar-refractivity contribution < 1.29 is 9.22 Å². The Morgan fingerprint density at radius 1 is 1.44 bits per heavy atom. The molecule has 0 bridgehead atoms. The van der Waals surface area contributed by atoms with Crippen LogP contribution in [0.15, 0.2) is 0 Å². The van der Waals surface area contributed by atoms with E-state index < -0.39 is 0 Å². The normalized spacial score (nSPS) is 11.1. The van der Waals surface area contributed by atoms with E-state index in [1.165, 1.54) is 6.92 Å². The van der Waals surface area contributed by atoms with Crippen LogP contribution in [0.4, 0.5) is 0 Å². The van der Waals surface area contributed by atoms with Gasteiger partial charge in [-0.3, -0.25) is 4.79 Å². The molecule has 9 heavy (non-hydrogen) atoms. The van der Waals surface area contributed by atoms with Crippen LogP contribution < -0.4 is 0 Å². The van der Waals surface area contributed by atoms with Gasteiger partial charge in [-0.15, -0.1) is 0 Å². The van der Waals surface area contributed by atoms with Crippen molar-refractivity contribution in [2.75, 3.05) is 0 Å². The molecule has 2 nitrogen and oxygen atoms in total. The summed E-state index contributed by atoms with van der Waals surface area (Å²) in [7, 11) is 0.272. The molecule has 52 valence electrons. The fraction of sp³-hybridized carbons (Fsp3) is 0.833. The largest absolute Gasteiger partial charge is 0.516 e. The molecule has 0 spiro atoms. The van der Waals surface area contributed by atoms with Crippen molar-refractivity contribution in [3.05, 3.63) is 0 Å². The van der Waals surface area contributed by atoms with Crippen molar-refractivity contribution >= 4 is 15.7 Å². The molecule has 3 heteroatoms. The molecule has 0 saturated carbocycles. The van der Waals surface area contributed by atoms with Gasteiger partial charge in [0.1, 0.15) is 0 Å². The van der Waals surface area contributed by atoms with E-state index in [2.05, 4.69) is 0 Å². The summed E-state index contributed by atoms with van der Waals surface area (Å²) in [5.41, 5.74) is 0. The zero-order valence-electron chi connectivity index (χ0n) is 6.32. The Balaban J connectivity index is 3.39. The Labute approximate surface area is 58.5 Å². The van der Waals surface area contributed by atoms with Gasteiger partial charge in [0.25, 0.3) is 5.97 Å². The lowest BCUT2D eigenvalue weighted by molar-refractivity contribution is -0.132. The molecule has 0 aromatic rings. The standard InChI is InChI=1S/C6H12O2Si/c1-5(7)8-9-6(2,3)4/h1-4H3. The lowest BCUT2D eigenvalue weighted by Crippen LogP contribution is -2.14. The second kappa shape index (κ2) is 3.01. The summed E-state index contributed by atoms with van der Waals surface area (Å²) >= 11 is 0. The lowest BCUT2D eigenvalue weighted by atomic mass is 10.3. The Morgan fingerprint density at radius 2 is 1.89 bits per heavy atom. The van der Waals surface area contributed by atoms with Crippen molar-refractivity contribution in [3.63, 3.8) is 0 Å². The van der Waals surface area contributed by atoms with Crippen LogP contribution in [0, 0.1) is 0 Å². The SMILES string of the molecule is CC(=O)O[Si]C(C)(C)C. The van der Waals surface area contributed by atoms with E-state index in [0.29, 0.717) is 0 Å². The molecule has 0 aliphatic carbocycles. The van der Waals surface area contributed by atoms with Gasteiger partial charge < -0.3 is 4.43 Å². The summed E-state index contributed by atoms with van der Waals surface area (Å²) in [6.45, 7) is 7.54. The van der Waals surface area contributed by atoms with E-state index in [4.69, 9.17) is 4.43 Å². The predicted molar refractivity (Wildman–Crippen MR) is 37.2 cm³/mol. The summed E-state index contributed by atoms with van der Waals surface area (Å²) in [5.74, 6) is -0.191. The van der Waals surface area contributed by atoms with Gasteiger partial charge in [-0.1, -0.05) is 20.8 Å². The van der Waals surface area contributed by atoms with Gasteiger partial charge in [-0.2, -0.15) is 0 Å². The lowest BCUT2D eigenvalue weighted by Gasteiger charge is -2.13. The highest BCUT2D eigenvalue weighted by atomic mass is 28.2. The van der Waals surface area contributed by atoms with Gasteiger partial charge in [0.05, 0.1) is 0 Å². The van der Waals surface area contributed by atoms with Gasteiger partial charge in [0.15, 0.2) is 0 Å². The molecule has 0 fully saturated rings. The summed E-state index contributed by atoms with van der Waals surface area (Å²) in [5, 5.41) is 0.117. The maximum atomic E-state index is 10.3. The van der Waals surface area contributed by atoms with E-state index in [9.17, 15) is 4.79 Å². The summed E-state index contributed by atoms with van der Waals surface area (Å²) in [4.78, 5) is 10.3. The van der Waals surface area contributed by atoms with E-state index in [0.717, 1.165) is 0 Å². The van der Waals surface area contributed by atoms with Gasteiger partial charge in [-0.05, 0) is 5.04 Å². The van der Waals surface area contributed by atoms with Crippen molar-refractivity contribution in [3.8, 4) is 0 Å². The zero-order chi connectivity index (χ0) is 7.49. The van der Waals surface area contributed by atoms with Crippen molar-refractivity contribution in [2.45, 2.75) is 32.7 Å². The van der Waals surface area contributed by atoms with Crippen LogP contribution in [0.5, 0.6) is 0 Å². The molecule has 2 radical (unpaired) electrons. The van der Waals surface area contributed by atoms with E-state index in [1.54, 1.807) is 0 Å². The number of hydrogen-bond donors (Lipinski definition) is 0. The number of hydrogen-bond acceptors (Lipinski definition) is 2. The van der Waals surface area contributed by atoms with Crippen LogP contribution in [0.2, 0.25) is 5.04 Å². The van der Waals surface area contributed by atoms with Crippen molar-refractivity contribution in [1.82, 2.24) is 0 Å². The first-order valence-electron chi connectivity index (χ1n) is 2.86. The molecule has 0 N–H and O–H groups in total. The molecule has 0 atom stereocenters. The predicted octanol–water partition coefficient (Wildman–Crippen LogP) is 1.39. The number of rotatable bonds is 1. The third kappa shape index (κ3) is 7.69. The fourth-order valence-electron chi connectivity index (χ4n) is 0.225. The highest BCUT2D eigenvalue weighted by Crippen LogP contribution is 2.19. The number of carbonyl (C=O) groups excluding carboxylic acids is 1. The fourth-order valence-corrected chi connectivity index (χ4v) is 0.675. The summed E-state index contributed by atoms with van der Waals surface area (Å²) < 4.78 is 4.80. The first-order valence-corrected chi connectivity index (χ1v) is 3.77. The molecule has 0 aliphatic heterocycles. The van der Waals surface area contributed by atoms with Gasteiger partial charge in [-0.25, -0.2) is 0 Å². The van der Waals surface area contributed by atoms with Crippen LogP contribution in [-0.4, -0.2) is 15.7 Å². The third-order valence-electron chi connectivity index (χ3n) is 0.501. The van der Waals surface area contributed by atoms with E-state index in [1.807, 2.05) is 20.8 Å². The van der Waals surface area contributed by atoms with Crippen LogP contribution in [-0.2, 0) is 9.22 Å². The van der Waals surface area contributed by atoms with Crippen LogP contribution >= 0.6 is 0 Å². The second-order valence-electron chi connectivity index (χ2n) is 2.95. The van der Waals surface area contributed by atoms with Gasteiger partial charge in [0, 0.05) is 6.92 Å². The molecule has 0 aromatic heterocycles. The molecule has 0 saturated heterocycles. The third-order valence-corrected chi connectivity index (χ3v) is 1.50. The minimum Gasteiger partial charge on any atom is -0.516 e. The highest BCUT2D eigenvalue weighted by molar-refractivity contribution is 6.34.